The van der Waals surface area contributed by atoms with Crippen LogP contribution in [0.3, 0.4) is 0 Å². The number of carbonyl (C=O) groups excluding carboxylic acids is 1. The molecule has 0 spiro atoms. The summed E-state index contributed by atoms with van der Waals surface area (Å²) >= 11 is 0. The van der Waals surface area contributed by atoms with Gasteiger partial charge < -0.3 is 9.64 Å². The van der Waals surface area contributed by atoms with E-state index < -0.39 is 0 Å². The molecule has 25 heavy (non-hydrogen) atoms. The van der Waals surface area contributed by atoms with E-state index in [0.717, 1.165) is 30.8 Å². The van der Waals surface area contributed by atoms with E-state index in [1.165, 1.54) is 12.1 Å². The van der Waals surface area contributed by atoms with Gasteiger partial charge in [0.2, 0.25) is 0 Å². The summed E-state index contributed by atoms with van der Waals surface area (Å²) in [6.07, 6.45) is 3.09. The molecule has 1 aromatic heterocycles. The Kier molecular flexibility index (Phi) is 4.26. The van der Waals surface area contributed by atoms with Crippen molar-refractivity contribution in [2.45, 2.75) is 25.0 Å². The number of rotatable bonds is 5. The third kappa shape index (κ3) is 3.29. The zero-order valence-electron chi connectivity index (χ0n) is 13.8. The van der Waals surface area contributed by atoms with Crippen LogP contribution in [0.5, 0.6) is 0 Å². The van der Waals surface area contributed by atoms with E-state index >= 15 is 0 Å². The highest BCUT2D eigenvalue weighted by Gasteiger charge is 2.47. The largest absolute Gasteiger partial charge is 0.442 e. The average Bonchev–Trinajstić information content (AvgIpc) is 3.16. The topological polar surface area (TPSA) is 45.7 Å². The molecule has 3 heterocycles. The first-order valence-corrected chi connectivity index (χ1v) is 8.58. The minimum Gasteiger partial charge on any atom is -0.442 e. The van der Waals surface area contributed by atoms with Crippen LogP contribution in [0.15, 0.2) is 48.7 Å². The Hall–Kier alpha value is -2.63. The number of amides is 1. The van der Waals surface area contributed by atoms with Gasteiger partial charge in [0.1, 0.15) is 17.7 Å². The lowest BCUT2D eigenvalue weighted by molar-refractivity contribution is 0.135. The molecule has 0 bridgehead atoms. The first-order chi connectivity index (χ1) is 12.2. The Morgan fingerprint density at radius 2 is 2.00 bits per heavy atom. The van der Waals surface area contributed by atoms with Crippen LogP contribution in [0.1, 0.15) is 12.0 Å². The van der Waals surface area contributed by atoms with Gasteiger partial charge in [-0.25, -0.2) is 14.2 Å². The number of aromatic nitrogens is 1. The summed E-state index contributed by atoms with van der Waals surface area (Å²) in [6, 6.07) is 12.4. The smallest absolute Gasteiger partial charge is 0.410 e. The van der Waals surface area contributed by atoms with Crippen molar-refractivity contribution in [3.05, 3.63) is 60.0 Å². The molecular formula is C19H20FN3O2. The Bertz CT molecular complexity index is 738. The van der Waals surface area contributed by atoms with Crippen LogP contribution in [0.2, 0.25) is 0 Å². The lowest BCUT2D eigenvalue weighted by Gasteiger charge is -2.23. The molecule has 6 heteroatoms. The van der Waals surface area contributed by atoms with Crippen LogP contribution >= 0.6 is 0 Å². The van der Waals surface area contributed by atoms with Gasteiger partial charge in [0, 0.05) is 19.3 Å². The molecule has 0 unspecified atom stereocenters. The van der Waals surface area contributed by atoms with Gasteiger partial charge in [0.05, 0.1) is 12.6 Å². The number of aryl methyl sites for hydroxylation is 1. The van der Waals surface area contributed by atoms with Crippen molar-refractivity contribution in [1.29, 1.82) is 0 Å². The highest BCUT2D eigenvalue weighted by atomic mass is 19.1. The summed E-state index contributed by atoms with van der Waals surface area (Å²) in [5, 5.41) is 0. The molecule has 2 aliphatic heterocycles. The lowest BCUT2D eigenvalue weighted by atomic mass is 10.1. The highest BCUT2D eigenvalue weighted by molar-refractivity contribution is 5.71. The van der Waals surface area contributed by atoms with Gasteiger partial charge in [-0.2, -0.15) is 0 Å². The van der Waals surface area contributed by atoms with Gasteiger partial charge >= 0.3 is 6.09 Å². The maximum atomic E-state index is 13.0. The van der Waals surface area contributed by atoms with Crippen LogP contribution in [-0.4, -0.2) is 47.8 Å². The second kappa shape index (κ2) is 6.70. The van der Waals surface area contributed by atoms with E-state index in [1.54, 1.807) is 18.3 Å². The van der Waals surface area contributed by atoms with Crippen molar-refractivity contribution in [3.63, 3.8) is 0 Å². The number of ether oxygens (including phenoxy) is 1. The van der Waals surface area contributed by atoms with E-state index in [4.69, 9.17) is 4.74 Å². The van der Waals surface area contributed by atoms with Gasteiger partial charge in [-0.05, 0) is 42.7 Å². The number of pyridine rings is 1. The predicted molar refractivity (Wildman–Crippen MR) is 91.9 cm³/mol. The molecule has 2 fully saturated rings. The summed E-state index contributed by atoms with van der Waals surface area (Å²) in [7, 11) is 0. The molecule has 130 valence electrons. The standard InChI is InChI=1S/C19H20FN3O2/c20-15-8-6-14(7-9-15)4-3-11-23-16-12-22(13-17(16)25-19(23)24)18-5-1-2-10-21-18/h1-2,5-10,16-17H,3-4,11-13H2/t16-,17+/m0/s1. The zero-order valence-corrected chi connectivity index (χ0v) is 13.8. The van der Waals surface area contributed by atoms with Gasteiger partial charge in [-0.1, -0.05) is 18.2 Å². The van der Waals surface area contributed by atoms with Gasteiger partial charge in [0.25, 0.3) is 0 Å². The maximum absolute atomic E-state index is 13.0. The molecule has 2 aromatic rings. The minimum atomic E-state index is -0.227. The fraction of sp³-hybridized carbons (Fsp3) is 0.368. The van der Waals surface area contributed by atoms with Crippen molar-refractivity contribution >= 4 is 11.9 Å². The highest BCUT2D eigenvalue weighted by Crippen LogP contribution is 2.29. The van der Waals surface area contributed by atoms with Crippen LogP contribution in [0.25, 0.3) is 0 Å². The first kappa shape index (κ1) is 15.9. The molecule has 0 saturated carbocycles. The average molecular weight is 341 g/mol. The second-order valence-corrected chi connectivity index (χ2v) is 6.51. The number of hydrogen-bond acceptors (Lipinski definition) is 4. The number of benzene rings is 1. The summed E-state index contributed by atoms with van der Waals surface area (Å²) in [6.45, 7) is 2.07. The van der Waals surface area contributed by atoms with E-state index in [9.17, 15) is 9.18 Å². The third-order valence-electron chi connectivity index (χ3n) is 4.87. The zero-order chi connectivity index (χ0) is 17.2. The normalized spacial score (nSPS) is 22.2. The number of anilines is 1. The summed E-state index contributed by atoms with van der Waals surface area (Å²) in [4.78, 5) is 20.5. The van der Waals surface area contributed by atoms with Crippen molar-refractivity contribution in [3.8, 4) is 0 Å². The fourth-order valence-corrected chi connectivity index (χ4v) is 3.59. The number of nitrogens with zero attached hydrogens (tertiary/aromatic N) is 3. The number of halogens is 1. The van der Waals surface area contributed by atoms with E-state index in [0.29, 0.717) is 13.1 Å². The predicted octanol–water partition coefficient (Wildman–Crippen LogP) is 2.86. The van der Waals surface area contributed by atoms with Crippen molar-refractivity contribution in [2.75, 3.05) is 24.5 Å². The van der Waals surface area contributed by atoms with Crippen molar-refractivity contribution in [2.24, 2.45) is 0 Å². The lowest BCUT2D eigenvalue weighted by Crippen LogP contribution is -2.38. The van der Waals surface area contributed by atoms with Crippen LogP contribution in [0, 0.1) is 5.82 Å². The van der Waals surface area contributed by atoms with E-state index in [-0.39, 0.29) is 24.1 Å². The van der Waals surface area contributed by atoms with Gasteiger partial charge in [0.15, 0.2) is 0 Å². The monoisotopic (exact) mass is 341 g/mol. The van der Waals surface area contributed by atoms with Crippen molar-refractivity contribution in [1.82, 2.24) is 9.88 Å². The first-order valence-electron chi connectivity index (χ1n) is 8.58. The molecule has 2 atom stereocenters. The molecule has 2 aliphatic rings. The molecule has 0 radical (unpaired) electrons. The molecule has 5 nitrogen and oxygen atoms in total. The van der Waals surface area contributed by atoms with Gasteiger partial charge in [-0.15, -0.1) is 0 Å². The second-order valence-electron chi connectivity index (χ2n) is 6.51. The van der Waals surface area contributed by atoms with Gasteiger partial charge in [-0.3, -0.25) is 4.90 Å². The minimum absolute atomic E-state index is 0.0720. The van der Waals surface area contributed by atoms with E-state index in [1.807, 2.05) is 23.1 Å². The molecule has 0 N–H and O–H groups in total. The molecule has 1 amide bonds. The Labute approximate surface area is 146 Å². The fourth-order valence-electron chi connectivity index (χ4n) is 3.59. The molecule has 4 rings (SSSR count). The summed E-state index contributed by atoms with van der Waals surface area (Å²) < 4.78 is 18.5. The Balaban J connectivity index is 1.35. The summed E-state index contributed by atoms with van der Waals surface area (Å²) in [5.41, 5.74) is 1.08. The van der Waals surface area contributed by atoms with Crippen LogP contribution in [-0.2, 0) is 11.2 Å². The number of carbonyl (C=O) groups is 1. The maximum Gasteiger partial charge on any atom is 0.410 e. The van der Waals surface area contributed by atoms with Crippen LogP contribution in [0.4, 0.5) is 15.0 Å². The number of fused-ring (bicyclic) bond motifs is 1. The van der Waals surface area contributed by atoms with E-state index in [2.05, 4.69) is 9.88 Å². The van der Waals surface area contributed by atoms with Crippen LogP contribution < -0.4 is 4.90 Å². The van der Waals surface area contributed by atoms with Crippen molar-refractivity contribution < 1.29 is 13.9 Å². The number of hydrogen-bond donors (Lipinski definition) is 0. The molecule has 1 aromatic carbocycles. The molecular weight excluding hydrogens is 321 g/mol. The summed E-state index contributed by atoms with van der Waals surface area (Å²) in [5.74, 6) is 0.689. The Morgan fingerprint density at radius 1 is 1.16 bits per heavy atom. The quantitative estimate of drug-likeness (QED) is 0.839. The molecule has 0 aliphatic carbocycles. The Morgan fingerprint density at radius 3 is 2.76 bits per heavy atom. The third-order valence-corrected chi connectivity index (χ3v) is 4.87. The SMILES string of the molecule is O=C1O[C@@H]2CN(c3ccccn3)C[C@@H]2N1CCCc1ccc(F)cc1. The molecule has 2 saturated heterocycles.